The highest BCUT2D eigenvalue weighted by Gasteiger charge is 2.26. The molecule has 0 aliphatic rings. The minimum Gasteiger partial charge on any atom is -0.335 e. The number of carbonyl (C=O) groups excluding carboxylic acids is 2. The van der Waals surface area contributed by atoms with E-state index in [1.165, 1.54) is 6.92 Å². The van der Waals surface area contributed by atoms with E-state index < -0.39 is 0 Å². The summed E-state index contributed by atoms with van der Waals surface area (Å²) in [7, 11) is 4.03. The lowest BCUT2D eigenvalue weighted by Gasteiger charge is -2.32. The highest BCUT2D eigenvalue weighted by atomic mass is 16.2. The fraction of sp³-hybridized carbons (Fsp3) is 0.556. The van der Waals surface area contributed by atoms with Crippen LogP contribution in [0.15, 0.2) is 24.3 Å². The Labute approximate surface area is 139 Å². The molecule has 1 aromatic carbocycles. The van der Waals surface area contributed by atoms with Gasteiger partial charge in [-0.2, -0.15) is 0 Å². The van der Waals surface area contributed by atoms with Crippen LogP contribution < -0.4 is 10.6 Å². The molecule has 0 radical (unpaired) electrons. The molecule has 1 aromatic rings. The second-order valence-electron chi connectivity index (χ2n) is 7.21. The number of nitrogens with one attached hydrogen (secondary N) is 2. The van der Waals surface area contributed by atoms with Gasteiger partial charge in [-0.3, -0.25) is 4.79 Å². The van der Waals surface area contributed by atoms with Crippen LogP contribution in [0.1, 0.15) is 44.5 Å². The van der Waals surface area contributed by atoms with Gasteiger partial charge in [-0.25, -0.2) is 4.79 Å². The number of ketones is 1. The fourth-order valence-corrected chi connectivity index (χ4v) is 2.32. The second-order valence-corrected chi connectivity index (χ2v) is 7.21. The van der Waals surface area contributed by atoms with E-state index in [0.29, 0.717) is 11.3 Å². The summed E-state index contributed by atoms with van der Waals surface area (Å²) in [5.74, 6) is -0.0686. The predicted molar refractivity (Wildman–Crippen MR) is 95.0 cm³/mol. The molecule has 0 spiro atoms. The van der Waals surface area contributed by atoms with Crippen LogP contribution in [0.25, 0.3) is 0 Å². The van der Waals surface area contributed by atoms with E-state index in [2.05, 4.69) is 36.3 Å². The molecule has 23 heavy (non-hydrogen) atoms. The summed E-state index contributed by atoms with van der Waals surface area (Å²) in [6, 6.07) is 6.80. The smallest absolute Gasteiger partial charge is 0.319 e. The van der Waals surface area contributed by atoms with Gasteiger partial charge in [-0.05, 0) is 51.5 Å². The second kappa shape index (κ2) is 8.11. The van der Waals surface area contributed by atoms with Gasteiger partial charge in [0.2, 0.25) is 0 Å². The Morgan fingerprint density at radius 1 is 1.17 bits per heavy atom. The molecule has 0 aliphatic heterocycles. The van der Waals surface area contributed by atoms with Crippen molar-refractivity contribution in [3.63, 3.8) is 0 Å². The monoisotopic (exact) mass is 319 g/mol. The van der Waals surface area contributed by atoms with E-state index in [4.69, 9.17) is 0 Å². The molecule has 1 atom stereocenters. The van der Waals surface area contributed by atoms with Crippen molar-refractivity contribution in [1.82, 2.24) is 10.2 Å². The lowest BCUT2D eigenvalue weighted by Crippen LogP contribution is -2.46. The number of hydrogen-bond acceptors (Lipinski definition) is 3. The summed E-state index contributed by atoms with van der Waals surface area (Å²) >= 11 is 0. The van der Waals surface area contributed by atoms with Crippen molar-refractivity contribution in [3.05, 3.63) is 29.8 Å². The average Bonchev–Trinajstić information content (AvgIpc) is 2.42. The number of urea groups is 1. The Morgan fingerprint density at radius 2 is 1.78 bits per heavy atom. The third-order valence-corrected chi connectivity index (χ3v) is 3.77. The third kappa shape index (κ3) is 6.40. The first-order valence-corrected chi connectivity index (χ1v) is 7.93. The van der Waals surface area contributed by atoms with E-state index in [1.807, 2.05) is 14.1 Å². The molecular weight excluding hydrogens is 290 g/mol. The molecule has 5 heteroatoms. The molecule has 2 amide bonds. The standard InChI is InChI=1S/C18H29N3O2/c1-13(22)14-9-7-8-10-15(14)19-17(23)20-16(18(2,3)4)11-12-21(5)6/h7-10,16H,11-12H2,1-6H3,(H2,19,20,23). The Hall–Kier alpha value is -1.88. The van der Waals surface area contributed by atoms with Gasteiger partial charge in [-0.15, -0.1) is 0 Å². The number of benzene rings is 1. The maximum absolute atomic E-state index is 12.3. The van der Waals surface area contributed by atoms with Crippen LogP contribution in [0, 0.1) is 5.41 Å². The van der Waals surface area contributed by atoms with Crippen molar-refractivity contribution in [2.75, 3.05) is 26.0 Å². The topological polar surface area (TPSA) is 61.4 Å². The molecule has 0 fully saturated rings. The van der Waals surface area contributed by atoms with Gasteiger partial charge < -0.3 is 15.5 Å². The van der Waals surface area contributed by atoms with Crippen LogP contribution >= 0.6 is 0 Å². The SMILES string of the molecule is CC(=O)c1ccccc1NC(=O)NC(CCN(C)C)C(C)(C)C. The maximum atomic E-state index is 12.3. The van der Waals surface area contributed by atoms with Crippen LogP contribution in [0.2, 0.25) is 0 Å². The molecule has 5 nitrogen and oxygen atoms in total. The summed E-state index contributed by atoms with van der Waals surface area (Å²) < 4.78 is 0. The van der Waals surface area contributed by atoms with Gasteiger partial charge in [0.25, 0.3) is 0 Å². The molecule has 0 aromatic heterocycles. The van der Waals surface area contributed by atoms with Crippen LogP contribution in [-0.4, -0.2) is 43.4 Å². The molecule has 1 rings (SSSR count). The minimum absolute atomic E-state index is 0.0365. The number of para-hydroxylation sites is 1. The molecular formula is C18H29N3O2. The molecule has 0 aliphatic carbocycles. The zero-order valence-electron chi connectivity index (χ0n) is 15.1. The number of rotatable bonds is 6. The number of amides is 2. The number of anilines is 1. The lowest BCUT2D eigenvalue weighted by atomic mass is 9.84. The number of hydrogen-bond donors (Lipinski definition) is 2. The summed E-state index contributed by atoms with van der Waals surface area (Å²) in [6.45, 7) is 8.71. The van der Waals surface area contributed by atoms with E-state index in [9.17, 15) is 9.59 Å². The normalized spacial score (nSPS) is 12.8. The molecule has 0 saturated heterocycles. The molecule has 2 N–H and O–H groups in total. The third-order valence-electron chi connectivity index (χ3n) is 3.77. The van der Waals surface area contributed by atoms with Crippen molar-refractivity contribution in [3.8, 4) is 0 Å². The number of nitrogens with zero attached hydrogens (tertiary/aromatic N) is 1. The van der Waals surface area contributed by atoms with Gasteiger partial charge in [0, 0.05) is 11.6 Å². The van der Waals surface area contributed by atoms with E-state index in [0.717, 1.165) is 13.0 Å². The van der Waals surface area contributed by atoms with Crippen LogP contribution in [0.5, 0.6) is 0 Å². The summed E-state index contributed by atoms with van der Waals surface area (Å²) in [6.07, 6.45) is 0.859. The maximum Gasteiger partial charge on any atom is 0.319 e. The number of Topliss-reactive ketones (excluding diaryl/α,β-unsaturated/α-hetero) is 1. The Bertz CT molecular complexity index is 547. The lowest BCUT2D eigenvalue weighted by molar-refractivity contribution is 0.101. The molecule has 128 valence electrons. The van der Waals surface area contributed by atoms with Crippen LogP contribution in [-0.2, 0) is 0 Å². The first-order valence-electron chi connectivity index (χ1n) is 7.93. The van der Waals surface area contributed by atoms with Gasteiger partial charge in [-0.1, -0.05) is 32.9 Å². The van der Waals surface area contributed by atoms with Gasteiger partial charge in [0.1, 0.15) is 0 Å². The van der Waals surface area contributed by atoms with E-state index >= 15 is 0 Å². The highest BCUT2D eigenvalue weighted by molar-refractivity contribution is 6.03. The van der Waals surface area contributed by atoms with Crippen molar-refractivity contribution >= 4 is 17.5 Å². The van der Waals surface area contributed by atoms with Crippen LogP contribution in [0.4, 0.5) is 10.5 Å². The molecule has 0 heterocycles. The first kappa shape index (κ1) is 19.2. The van der Waals surface area contributed by atoms with Crippen LogP contribution in [0.3, 0.4) is 0 Å². The molecule has 0 bridgehead atoms. The zero-order valence-corrected chi connectivity index (χ0v) is 15.1. The van der Waals surface area contributed by atoms with Gasteiger partial charge in [0.15, 0.2) is 5.78 Å². The van der Waals surface area contributed by atoms with Gasteiger partial charge >= 0.3 is 6.03 Å². The number of carbonyl (C=O) groups is 2. The van der Waals surface area contributed by atoms with E-state index in [-0.39, 0.29) is 23.3 Å². The quantitative estimate of drug-likeness (QED) is 0.790. The summed E-state index contributed by atoms with van der Waals surface area (Å²) in [5.41, 5.74) is 1.01. The zero-order chi connectivity index (χ0) is 17.6. The summed E-state index contributed by atoms with van der Waals surface area (Å²) in [5, 5.41) is 5.84. The van der Waals surface area contributed by atoms with Crippen molar-refractivity contribution in [1.29, 1.82) is 0 Å². The van der Waals surface area contributed by atoms with Crippen molar-refractivity contribution < 1.29 is 9.59 Å². The first-order chi connectivity index (χ1) is 10.6. The van der Waals surface area contributed by atoms with Gasteiger partial charge in [0.05, 0.1) is 5.69 Å². The summed E-state index contributed by atoms with van der Waals surface area (Å²) in [4.78, 5) is 26.1. The van der Waals surface area contributed by atoms with Crippen molar-refractivity contribution in [2.24, 2.45) is 5.41 Å². The predicted octanol–water partition coefficient (Wildman–Crippen LogP) is 3.38. The Morgan fingerprint density at radius 3 is 2.30 bits per heavy atom. The largest absolute Gasteiger partial charge is 0.335 e. The molecule has 0 saturated carbocycles. The fourth-order valence-electron chi connectivity index (χ4n) is 2.32. The highest BCUT2D eigenvalue weighted by Crippen LogP contribution is 2.22. The van der Waals surface area contributed by atoms with E-state index in [1.54, 1.807) is 24.3 Å². The van der Waals surface area contributed by atoms with Crippen molar-refractivity contribution in [2.45, 2.75) is 40.2 Å². The minimum atomic E-state index is -0.280. The average molecular weight is 319 g/mol. The molecule has 1 unspecified atom stereocenters. The Kier molecular flexibility index (Phi) is 6.76. The Balaban J connectivity index is 2.78.